The second-order valence-electron chi connectivity index (χ2n) is 8.83. The van der Waals surface area contributed by atoms with Crippen LogP contribution < -0.4 is 21.1 Å². The molecule has 0 atom stereocenters. The summed E-state index contributed by atoms with van der Waals surface area (Å²) in [6.07, 6.45) is 3.57. The first kappa shape index (κ1) is 26.5. The quantitative estimate of drug-likeness (QED) is 0.279. The number of hydrogen-bond acceptors (Lipinski definition) is 6. The number of hydrogen-bond donors (Lipinski definition) is 4. The molecule has 0 aliphatic carbocycles. The number of amides is 2. The van der Waals surface area contributed by atoms with Crippen LogP contribution >= 0.6 is 24.0 Å². The summed E-state index contributed by atoms with van der Waals surface area (Å²) in [4.78, 5) is 37.0. The number of aromatic amines is 1. The molecule has 0 spiro atoms. The van der Waals surface area contributed by atoms with Crippen LogP contribution in [0.1, 0.15) is 39.4 Å². The first-order valence-corrected chi connectivity index (χ1v) is 12.0. The minimum Gasteiger partial charge on any atom is -0.493 e. The fourth-order valence-corrected chi connectivity index (χ4v) is 4.50. The molecule has 2 aromatic heterocycles. The second kappa shape index (κ2) is 11.2. The van der Waals surface area contributed by atoms with E-state index < -0.39 is 11.8 Å². The number of aryl methyl sites for hydroxylation is 1. The number of fused-ring (bicyclic) bond motifs is 1. The molecule has 12 heteroatoms. The van der Waals surface area contributed by atoms with Gasteiger partial charge < -0.3 is 20.8 Å². The number of halogens is 2. The number of ether oxygens (including phenoxy) is 1. The largest absolute Gasteiger partial charge is 0.493 e. The molecule has 0 unspecified atom stereocenters. The summed E-state index contributed by atoms with van der Waals surface area (Å²) in [7, 11) is 0. The third-order valence-electron chi connectivity index (χ3n) is 6.28. The normalized spacial score (nSPS) is 13.8. The highest BCUT2D eigenvalue weighted by molar-refractivity contribution is 6.30. The molecule has 1 aliphatic heterocycles. The zero-order chi connectivity index (χ0) is 25.2. The van der Waals surface area contributed by atoms with Gasteiger partial charge in [-0.05, 0) is 68.6 Å². The van der Waals surface area contributed by atoms with Crippen LogP contribution in [0.2, 0.25) is 5.02 Å². The first-order valence-electron chi connectivity index (χ1n) is 11.7. The van der Waals surface area contributed by atoms with Gasteiger partial charge in [0.2, 0.25) is 5.95 Å². The lowest BCUT2D eigenvalue weighted by Gasteiger charge is -2.22. The van der Waals surface area contributed by atoms with E-state index in [0.29, 0.717) is 28.8 Å². The predicted octanol–water partition coefficient (Wildman–Crippen LogP) is 3.86. The van der Waals surface area contributed by atoms with Gasteiger partial charge in [-0.15, -0.1) is 12.4 Å². The molecule has 5 rings (SSSR count). The van der Waals surface area contributed by atoms with Crippen molar-refractivity contribution in [3.63, 3.8) is 0 Å². The molecule has 1 saturated heterocycles. The molecule has 10 nitrogen and oxygen atoms in total. The monoisotopic (exact) mass is 543 g/mol. The average Bonchev–Trinajstić information content (AvgIpc) is 3.48. The molecule has 3 heterocycles. The van der Waals surface area contributed by atoms with Gasteiger partial charge in [-0.3, -0.25) is 19.5 Å². The van der Waals surface area contributed by atoms with Crippen molar-refractivity contribution in [3.05, 3.63) is 64.7 Å². The van der Waals surface area contributed by atoms with Crippen LogP contribution in [-0.2, 0) is 0 Å². The molecule has 2 amide bonds. The van der Waals surface area contributed by atoms with E-state index in [-0.39, 0.29) is 29.7 Å². The van der Waals surface area contributed by atoms with Crippen molar-refractivity contribution in [2.24, 2.45) is 11.7 Å². The highest BCUT2D eigenvalue weighted by Crippen LogP contribution is 2.25. The summed E-state index contributed by atoms with van der Waals surface area (Å²) in [5, 5.41) is 6.55. The van der Waals surface area contributed by atoms with Crippen LogP contribution in [-0.4, -0.2) is 51.0 Å². The minimum absolute atomic E-state index is 0. The topological polar surface area (TPSA) is 140 Å². The average molecular weight is 544 g/mol. The predicted molar refractivity (Wildman–Crippen MR) is 144 cm³/mol. The van der Waals surface area contributed by atoms with E-state index >= 15 is 0 Å². The van der Waals surface area contributed by atoms with Crippen LogP contribution in [0.15, 0.2) is 42.7 Å². The number of aromatic nitrogens is 4. The third kappa shape index (κ3) is 5.71. The lowest BCUT2D eigenvalue weighted by Crippen LogP contribution is -2.30. The Labute approximate surface area is 224 Å². The fraction of sp³-hybridized carbons (Fsp3) is 0.280. The van der Waals surface area contributed by atoms with Crippen molar-refractivity contribution < 1.29 is 14.3 Å². The number of rotatable bonds is 7. The Morgan fingerprint density at radius 3 is 2.76 bits per heavy atom. The maximum absolute atomic E-state index is 13.3. The van der Waals surface area contributed by atoms with E-state index in [4.69, 9.17) is 22.1 Å². The molecule has 37 heavy (non-hydrogen) atoms. The number of anilines is 1. The maximum Gasteiger partial charge on any atom is 0.277 e. The number of nitrogens with one attached hydrogen (secondary N) is 3. The number of carbonyl (C=O) groups excluding carboxylic acids is 2. The number of primary amides is 1. The maximum atomic E-state index is 13.3. The van der Waals surface area contributed by atoms with Crippen molar-refractivity contribution in [3.8, 4) is 11.4 Å². The zero-order valence-electron chi connectivity index (χ0n) is 20.1. The first-order chi connectivity index (χ1) is 17.4. The van der Waals surface area contributed by atoms with Gasteiger partial charge in [-0.25, -0.2) is 9.97 Å². The summed E-state index contributed by atoms with van der Waals surface area (Å²) in [6.45, 7) is 4.55. The van der Waals surface area contributed by atoms with E-state index in [1.165, 1.54) is 10.9 Å². The molecule has 0 bridgehead atoms. The van der Waals surface area contributed by atoms with Gasteiger partial charge in [0.15, 0.2) is 5.69 Å². The SMILES string of the molecule is Cc1ccc(Cl)cc1-n1cnc(C(N)=O)c1C(=O)Nc1nc2cc(OCC3CCNCC3)ccc2[nH]1.Cl. The van der Waals surface area contributed by atoms with Gasteiger partial charge in [0.1, 0.15) is 17.8 Å². The van der Waals surface area contributed by atoms with Gasteiger partial charge in [0, 0.05) is 11.1 Å². The number of H-pyrrole nitrogens is 1. The standard InChI is InChI=1S/C25H26ClN7O3.ClH/c1-14-2-3-16(26)10-20(14)33-13-29-21(23(27)34)22(33)24(35)32-25-30-18-5-4-17(11-19(18)31-25)36-12-15-6-8-28-9-7-15;/h2-5,10-11,13,15,28H,6-9,12H2,1H3,(H2,27,34)(H2,30,31,32,35);1H. The van der Waals surface area contributed by atoms with Crippen LogP contribution in [0.25, 0.3) is 16.7 Å². The molecule has 4 aromatic rings. The van der Waals surface area contributed by atoms with Crippen molar-refractivity contribution in [1.82, 2.24) is 24.8 Å². The van der Waals surface area contributed by atoms with E-state index in [2.05, 4.69) is 25.6 Å². The number of piperidine rings is 1. The summed E-state index contributed by atoms with van der Waals surface area (Å²) in [6, 6.07) is 10.8. The Hall–Kier alpha value is -3.60. The van der Waals surface area contributed by atoms with Crippen LogP contribution in [0, 0.1) is 12.8 Å². The lowest BCUT2D eigenvalue weighted by atomic mass is 9.99. The number of nitrogens with zero attached hydrogens (tertiary/aromatic N) is 3. The third-order valence-corrected chi connectivity index (χ3v) is 6.51. The van der Waals surface area contributed by atoms with Crippen LogP contribution in [0.3, 0.4) is 0 Å². The molecular weight excluding hydrogens is 517 g/mol. The molecule has 0 saturated carbocycles. The summed E-state index contributed by atoms with van der Waals surface area (Å²) >= 11 is 6.17. The second-order valence-corrected chi connectivity index (χ2v) is 9.27. The van der Waals surface area contributed by atoms with Gasteiger partial charge in [0.25, 0.3) is 11.8 Å². The van der Waals surface area contributed by atoms with Crippen molar-refractivity contribution >= 4 is 52.8 Å². The number of imidazole rings is 2. The Kier molecular flexibility index (Phi) is 8.01. The molecule has 2 aromatic carbocycles. The van der Waals surface area contributed by atoms with E-state index in [9.17, 15) is 9.59 Å². The van der Waals surface area contributed by atoms with Crippen molar-refractivity contribution in [1.29, 1.82) is 0 Å². The summed E-state index contributed by atoms with van der Waals surface area (Å²) < 4.78 is 7.48. The highest BCUT2D eigenvalue weighted by Gasteiger charge is 2.25. The molecule has 194 valence electrons. The summed E-state index contributed by atoms with van der Waals surface area (Å²) in [5.41, 5.74) is 8.14. The van der Waals surface area contributed by atoms with Gasteiger partial charge in [0.05, 0.1) is 23.3 Å². The van der Waals surface area contributed by atoms with E-state index in [1.54, 1.807) is 12.1 Å². The smallest absolute Gasteiger partial charge is 0.277 e. The number of benzene rings is 2. The highest BCUT2D eigenvalue weighted by atomic mass is 35.5. The number of nitrogens with two attached hydrogens (primary N) is 1. The Morgan fingerprint density at radius 2 is 2.00 bits per heavy atom. The Morgan fingerprint density at radius 1 is 1.22 bits per heavy atom. The van der Waals surface area contributed by atoms with E-state index in [1.807, 2.05) is 31.2 Å². The fourth-order valence-electron chi connectivity index (χ4n) is 4.33. The van der Waals surface area contributed by atoms with Crippen LogP contribution in [0.5, 0.6) is 5.75 Å². The Bertz CT molecular complexity index is 1440. The lowest BCUT2D eigenvalue weighted by molar-refractivity contribution is 0.0970. The van der Waals surface area contributed by atoms with Crippen molar-refractivity contribution in [2.45, 2.75) is 19.8 Å². The number of carbonyl (C=O) groups is 2. The molecule has 5 N–H and O–H groups in total. The minimum atomic E-state index is -0.821. The van der Waals surface area contributed by atoms with E-state index in [0.717, 1.165) is 42.8 Å². The van der Waals surface area contributed by atoms with Crippen molar-refractivity contribution in [2.75, 3.05) is 25.0 Å². The summed E-state index contributed by atoms with van der Waals surface area (Å²) in [5.74, 6) is 0.0525. The zero-order valence-corrected chi connectivity index (χ0v) is 21.7. The molecule has 1 fully saturated rings. The van der Waals surface area contributed by atoms with Gasteiger partial charge in [-0.2, -0.15) is 0 Å². The van der Waals surface area contributed by atoms with Gasteiger partial charge in [-0.1, -0.05) is 17.7 Å². The molecule has 0 radical (unpaired) electrons. The van der Waals surface area contributed by atoms with Gasteiger partial charge >= 0.3 is 0 Å². The molecule has 1 aliphatic rings. The Balaban J connectivity index is 0.00000320. The van der Waals surface area contributed by atoms with Crippen LogP contribution in [0.4, 0.5) is 5.95 Å². The molecular formula is C25H27Cl2N7O3.